The molecule has 0 aliphatic carbocycles. The van der Waals surface area contributed by atoms with Gasteiger partial charge in [0, 0.05) is 22.5 Å². The van der Waals surface area contributed by atoms with Gasteiger partial charge in [-0.2, -0.15) is 5.10 Å². The molecule has 1 amide bonds. The molecule has 0 radical (unpaired) electrons. The molecule has 0 aliphatic rings. The van der Waals surface area contributed by atoms with Crippen LogP contribution in [-0.2, 0) is 11.4 Å². The van der Waals surface area contributed by atoms with E-state index in [1.807, 2.05) is 0 Å². The molecule has 7 heteroatoms. The molecule has 0 spiro atoms. The second-order valence-electron chi connectivity index (χ2n) is 4.83. The van der Waals surface area contributed by atoms with Crippen LogP contribution in [0.25, 0.3) is 0 Å². The maximum absolute atomic E-state index is 13.7. The van der Waals surface area contributed by atoms with Gasteiger partial charge in [-0.1, -0.05) is 18.2 Å². The normalized spacial score (nSPS) is 10.7. The fourth-order valence-electron chi connectivity index (χ4n) is 1.89. The molecule has 0 aromatic heterocycles. The smallest absolute Gasteiger partial charge is 0.236 e. The lowest BCUT2D eigenvalue weighted by Gasteiger charge is -2.13. The van der Waals surface area contributed by atoms with Crippen LogP contribution in [0, 0.1) is 5.82 Å². The Labute approximate surface area is 147 Å². The second-order valence-corrected chi connectivity index (χ2v) is 5.69. The molecule has 0 saturated heterocycles. The van der Waals surface area contributed by atoms with Crippen LogP contribution in [0.5, 0.6) is 11.5 Å². The van der Waals surface area contributed by atoms with Crippen LogP contribution >= 0.6 is 15.9 Å². The van der Waals surface area contributed by atoms with Gasteiger partial charge in [0.1, 0.15) is 12.4 Å². The number of nitrogens with one attached hydrogen (secondary N) is 1. The lowest BCUT2D eigenvalue weighted by Crippen LogP contribution is -2.12. The Bertz CT molecular complexity index is 765. The number of ether oxygens (including phenoxy) is 2. The van der Waals surface area contributed by atoms with Gasteiger partial charge in [0.15, 0.2) is 11.5 Å². The van der Waals surface area contributed by atoms with Gasteiger partial charge in [-0.05, 0) is 34.1 Å². The Morgan fingerprint density at radius 3 is 2.75 bits per heavy atom. The summed E-state index contributed by atoms with van der Waals surface area (Å²) in [5.74, 6) is 0.344. The minimum atomic E-state index is -0.324. The van der Waals surface area contributed by atoms with Crippen molar-refractivity contribution in [2.24, 2.45) is 5.10 Å². The predicted octanol–water partition coefficient (Wildman–Crippen LogP) is 3.65. The summed E-state index contributed by atoms with van der Waals surface area (Å²) >= 11 is 3.40. The third-order valence-electron chi connectivity index (χ3n) is 3.05. The van der Waals surface area contributed by atoms with E-state index in [0.29, 0.717) is 27.1 Å². The van der Waals surface area contributed by atoms with Crippen molar-refractivity contribution in [3.05, 3.63) is 57.8 Å². The minimum Gasteiger partial charge on any atom is -0.493 e. The predicted molar refractivity (Wildman–Crippen MR) is 92.8 cm³/mol. The van der Waals surface area contributed by atoms with Crippen LogP contribution in [0.2, 0.25) is 0 Å². The summed E-state index contributed by atoms with van der Waals surface area (Å²) in [6, 6.07) is 9.81. The van der Waals surface area contributed by atoms with Gasteiger partial charge in [0.2, 0.25) is 5.91 Å². The molecule has 0 fully saturated rings. The summed E-state index contributed by atoms with van der Waals surface area (Å²) in [5.41, 5.74) is 3.47. The first-order valence-corrected chi connectivity index (χ1v) is 7.84. The zero-order chi connectivity index (χ0) is 17.5. The minimum absolute atomic E-state index is 0.0782. The highest BCUT2D eigenvalue weighted by atomic mass is 79.9. The lowest BCUT2D eigenvalue weighted by molar-refractivity contribution is -0.118. The Hall–Kier alpha value is -2.41. The van der Waals surface area contributed by atoms with Gasteiger partial charge in [-0.25, -0.2) is 9.82 Å². The zero-order valence-electron chi connectivity index (χ0n) is 13.2. The molecular formula is C17H16BrFN2O3. The first-order valence-electron chi connectivity index (χ1n) is 7.04. The van der Waals surface area contributed by atoms with E-state index in [9.17, 15) is 9.18 Å². The highest BCUT2D eigenvalue weighted by molar-refractivity contribution is 9.10. The SMILES string of the molecule is COc1cc(/C=N\NC(C)=O)c(Br)cc1OCc1ccccc1F. The van der Waals surface area contributed by atoms with E-state index < -0.39 is 0 Å². The highest BCUT2D eigenvalue weighted by Crippen LogP contribution is 2.33. The molecule has 0 aliphatic heterocycles. The molecule has 5 nitrogen and oxygen atoms in total. The van der Waals surface area contributed by atoms with Crippen molar-refractivity contribution in [2.75, 3.05) is 7.11 Å². The summed E-state index contributed by atoms with van der Waals surface area (Å²) < 4.78 is 25.3. The van der Waals surface area contributed by atoms with Crippen LogP contribution in [-0.4, -0.2) is 19.2 Å². The highest BCUT2D eigenvalue weighted by Gasteiger charge is 2.11. The molecule has 0 unspecified atom stereocenters. The van der Waals surface area contributed by atoms with Crippen molar-refractivity contribution in [3.63, 3.8) is 0 Å². The zero-order valence-corrected chi connectivity index (χ0v) is 14.8. The molecule has 2 aromatic rings. The number of methoxy groups -OCH3 is 1. The summed E-state index contributed by atoms with van der Waals surface area (Å²) in [6.07, 6.45) is 1.48. The Morgan fingerprint density at radius 2 is 2.08 bits per heavy atom. The van der Waals surface area contributed by atoms with Crippen LogP contribution in [0.3, 0.4) is 0 Å². The molecule has 24 heavy (non-hydrogen) atoms. The van der Waals surface area contributed by atoms with Crippen molar-refractivity contribution in [3.8, 4) is 11.5 Å². The van der Waals surface area contributed by atoms with E-state index in [0.717, 1.165) is 0 Å². The largest absolute Gasteiger partial charge is 0.493 e. The monoisotopic (exact) mass is 394 g/mol. The van der Waals surface area contributed by atoms with Gasteiger partial charge >= 0.3 is 0 Å². The standard InChI is InChI=1S/C17H16BrFN2O3/c1-11(22)21-20-9-13-7-16(23-2)17(8-14(13)18)24-10-12-5-3-4-6-15(12)19/h3-9H,10H2,1-2H3,(H,21,22)/b20-9-. The maximum atomic E-state index is 13.7. The number of rotatable bonds is 6. The van der Waals surface area contributed by atoms with E-state index >= 15 is 0 Å². The third-order valence-corrected chi connectivity index (χ3v) is 3.74. The van der Waals surface area contributed by atoms with E-state index in [2.05, 4.69) is 26.5 Å². The molecule has 2 aromatic carbocycles. The first-order chi connectivity index (χ1) is 11.5. The molecule has 0 bridgehead atoms. The molecule has 2 rings (SSSR count). The number of halogens is 2. The van der Waals surface area contributed by atoms with E-state index in [1.165, 1.54) is 26.3 Å². The number of nitrogens with zero attached hydrogens (tertiary/aromatic N) is 1. The Kier molecular flexibility index (Phi) is 6.31. The summed E-state index contributed by atoms with van der Waals surface area (Å²) in [6.45, 7) is 1.45. The average Bonchev–Trinajstić information content (AvgIpc) is 2.55. The van der Waals surface area contributed by atoms with E-state index in [-0.39, 0.29) is 18.3 Å². The Morgan fingerprint density at radius 1 is 1.33 bits per heavy atom. The quantitative estimate of drug-likeness (QED) is 0.600. The van der Waals surface area contributed by atoms with Crippen molar-refractivity contribution in [1.82, 2.24) is 5.43 Å². The van der Waals surface area contributed by atoms with Crippen LogP contribution in [0.15, 0.2) is 46.0 Å². The van der Waals surface area contributed by atoms with Gasteiger partial charge in [-0.15, -0.1) is 0 Å². The first kappa shape index (κ1) is 17.9. The van der Waals surface area contributed by atoms with Crippen molar-refractivity contribution in [2.45, 2.75) is 13.5 Å². The fraction of sp³-hybridized carbons (Fsp3) is 0.176. The number of hydrogen-bond acceptors (Lipinski definition) is 4. The van der Waals surface area contributed by atoms with E-state index in [4.69, 9.17) is 9.47 Å². The van der Waals surface area contributed by atoms with Crippen molar-refractivity contribution < 1.29 is 18.7 Å². The molecule has 0 heterocycles. The van der Waals surface area contributed by atoms with E-state index in [1.54, 1.807) is 30.3 Å². The van der Waals surface area contributed by atoms with Crippen LogP contribution in [0.1, 0.15) is 18.1 Å². The molecule has 126 valence electrons. The summed E-state index contributed by atoms with van der Waals surface area (Å²) in [4.78, 5) is 10.8. The molecular weight excluding hydrogens is 379 g/mol. The second kappa shape index (κ2) is 8.44. The maximum Gasteiger partial charge on any atom is 0.236 e. The molecule has 0 atom stereocenters. The number of carbonyl (C=O) groups excluding carboxylic acids is 1. The third kappa shape index (κ3) is 4.79. The number of amides is 1. The topological polar surface area (TPSA) is 59.9 Å². The van der Waals surface area contributed by atoms with Crippen molar-refractivity contribution >= 4 is 28.1 Å². The van der Waals surface area contributed by atoms with Gasteiger partial charge in [-0.3, -0.25) is 4.79 Å². The number of benzene rings is 2. The van der Waals surface area contributed by atoms with Crippen LogP contribution in [0.4, 0.5) is 4.39 Å². The molecule has 1 N–H and O–H groups in total. The Balaban J connectivity index is 2.18. The van der Waals surface area contributed by atoms with Crippen LogP contribution < -0.4 is 14.9 Å². The number of carbonyl (C=O) groups is 1. The lowest BCUT2D eigenvalue weighted by atomic mass is 10.2. The fourth-order valence-corrected chi connectivity index (χ4v) is 2.31. The number of hydrogen-bond donors (Lipinski definition) is 1. The summed E-state index contributed by atoms with van der Waals surface area (Å²) in [5, 5.41) is 3.81. The van der Waals surface area contributed by atoms with Gasteiger partial charge in [0.25, 0.3) is 0 Å². The van der Waals surface area contributed by atoms with Gasteiger partial charge < -0.3 is 9.47 Å². The molecule has 0 saturated carbocycles. The van der Waals surface area contributed by atoms with Gasteiger partial charge in [0.05, 0.1) is 13.3 Å². The van der Waals surface area contributed by atoms with Crippen molar-refractivity contribution in [1.29, 1.82) is 0 Å². The summed E-state index contributed by atoms with van der Waals surface area (Å²) in [7, 11) is 1.51. The number of hydrazone groups is 1. The average molecular weight is 395 g/mol.